The summed E-state index contributed by atoms with van der Waals surface area (Å²) in [6, 6.07) is 15.7. The van der Waals surface area contributed by atoms with Gasteiger partial charge in [0.15, 0.2) is 0 Å². The monoisotopic (exact) mass is 592 g/mol. The van der Waals surface area contributed by atoms with Crippen LogP contribution < -0.4 is 20.3 Å². The number of hydrogen-bond acceptors (Lipinski definition) is 7. The van der Waals surface area contributed by atoms with Gasteiger partial charge in [-0.3, -0.25) is 14.4 Å². The second kappa shape index (κ2) is 14.2. The van der Waals surface area contributed by atoms with Gasteiger partial charge in [-0.2, -0.15) is 0 Å². The van der Waals surface area contributed by atoms with E-state index in [1.54, 1.807) is 41.3 Å². The van der Waals surface area contributed by atoms with Crippen molar-refractivity contribution in [2.45, 2.75) is 18.9 Å². The van der Waals surface area contributed by atoms with Crippen molar-refractivity contribution in [2.24, 2.45) is 0 Å². The second-order valence-corrected chi connectivity index (χ2v) is 9.89. The molecule has 1 aliphatic rings. The summed E-state index contributed by atoms with van der Waals surface area (Å²) in [5.74, 6) is -2.13. The highest BCUT2D eigenvalue weighted by Crippen LogP contribution is 2.30. The third kappa shape index (κ3) is 8.00. The molecule has 3 aromatic rings. The van der Waals surface area contributed by atoms with Gasteiger partial charge in [-0.25, -0.2) is 9.18 Å². The average molecular weight is 593 g/mol. The molecule has 0 radical (unpaired) electrons. The minimum atomic E-state index is -1.14. The molecule has 4 rings (SSSR count). The van der Waals surface area contributed by atoms with Crippen LogP contribution in [0.5, 0.6) is 5.75 Å². The molecule has 1 saturated heterocycles. The zero-order valence-corrected chi connectivity index (χ0v) is 23.8. The highest BCUT2D eigenvalue weighted by Gasteiger charge is 2.24. The quantitative estimate of drug-likeness (QED) is 0.334. The van der Waals surface area contributed by atoms with Crippen molar-refractivity contribution in [1.82, 2.24) is 10.2 Å². The number of benzene rings is 3. The molecule has 11 nitrogen and oxygen atoms in total. The predicted molar refractivity (Wildman–Crippen MR) is 157 cm³/mol. The zero-order valence-electron chi connectivity index (χ0n) is 23.8. The number of aliphatic carboxylic acids is 1. The summed E-state index contributed by atoms with van der Waals surface area (Å²) in [5.41, 5.74) is 1.93. The van der Waals surface area contributed by atoms with Gasteiger partial charge < -0.3 is 35.0 Å². The molecule has 0 bridgehead atoms. The second-order valence-electron chi connectivity index (χ2n) is 9.89. The Kier molecular flexibility index (Phi) is 10.2. The summed E-state index contributed by atoms with van der Waals surface area (Å²) in [4.78, 5) is 53.9. The van der Waals surface area contributed by atoms with Crippen molar-refractivity contribution in [1.29, 1.82) is 0 Å². The van der Waals surface area contributed by atoms with Gasteiger partial charge in [0, 0.05) is 37.3 Å². The standard InChI is InChI=1S/C31H33FN4O7/c1-42-24-6-3-5-21(17-24)29(39)34-26-18-22(9-12-27(26)35-13-4-14-36(16-15-35)31(41)43-2)30(40)33-25(19-28(37)38)20-7-10-23(32)11-8-20/h3,5-12,17-18,25H,4,13-16,19H2,1-2H3,(H,33,40)(H,34,39)(H,37,38). The number of methoxy groups -OCH3 is 2. The van der Waals surface area contributed by atoms with Crippen molar-refractivity contribution in [3.63, 3.8) is 0 Å². The Hall–Kier alpha value is -5.13. The van der Waals surface area contributed by atoms with Crippen LogP contribution >= 0.6 is 0 Å². The van der Waals surface area contributed by atoms with E-state index in [0.29, 0.717) is 60.9 Å². The van der Waals surface area contributed by atoms with Gasteiger partial charge in [-0.05, 0) is 60.5 Å². The molecule has 3 aromatic carbocycles. The maximum absolute atomic E-state index is 13.5. The normalized spacial score (nSPS) is 13.8. The predicted octanol–water partition coefficient (Wildman–Crippen LogP) is 4.31. The van der Waals surface area contributed by atoms with Gasteiger partial charge in [0.1, 0.15) is 11.6 Å². The number of carbonyl (C=O) groups is 4. The van der Waals surface area contributed by atoms with E-state index < -0.39 is 42.2 Å². The summed E-state index contributed by atoms with van der Waals surface area (Å²) in [7, 11) is 2.83. The number of ether oxygens (including phenoxy) is 2. The molecule has 1 heterocycles. The number of nitrogens with one attached hydrogen (secondary N) is 2. The van der Waals surface area contributed by atoms with Crippen LogP contribution in [0, 0.1) is 5.82 Å². The lowest BCUT2D eigenvalue weighted by molar-refractivity contribution is -0.137. The first-order chi connectivity index (χ1) is 20.7. The average Bonchev–Trinajstić information content (AvgIpc) is 3.27. The fourth-order valence-corrected chi connectivity index (χ4v) is 4.85. The van der Waals surface area contributed by atoms with Crippen LogP contribution in [0.4, 0.5) is 20.6 Å². The molecule has 1 unspecified atom stereocenters. The molecule has 0 spiro atoms. The first kappa shape index (κ1) is 30.8. The molecule has 43 heavy (non-hydrogen) atoms. The van der Waals surface area contributed by atoms with Gasteiger partial charge in [0.25, 0.3) is 11.8 Å². The van der Waals surface area contributed by atoms with E-state index in [1.165, 1.54) is 44.6 Å². The first-order valence-electron chi connectivity index (χ1n) is 13.6. The third-order valence-electron chi connectivity index (χ3n) is 7.06. The van der Waals surface area contributed by atoms with Crippen LogP contribution in [0.3, 0.4) is 0 Å². The SMILES string of the molecule is COC(=O)N1CCCN(c2ccc(C(=O)NC(CC(=O)O)c3ccc(F)cc3)cc2NC(=O)c2cccc(OC)c2)CC1. The largest absolute Gasteiger partial charge is 0.497 e. The summed E-state index contributed by atoms with van der Waals surface area (Å²) in [6.45, 7) is 1.93. The fraction of sp³-hybridized carbons (Fsp3) is 0.290. The Labute approximate surface area is 248 Å². The van der Waals surface area contributed by atoms with Crippen molar-refractivity contribution in [2.75, 3.05) is 50.6 Å². The highest BCUT2D eigenvalue weighted by molar-refractivity contribution is 6.07. The summed E-state index contributed by atoms with van der Waals surface area (Å²) >= 11 is 0. The number of halogens is 1. The molecule has 0 aliphatic carbocycles. The Balaban J connectivity index is 1.64. The van der Waals surface area contributed by atoms with E-state index >= 15 is 0 Å². The van der Waals surface area contributed by atoms with Gasteiger partial charge >= 0.3 is 12.1 Å². The molecule has 1 aliphatic heterocycles. The topological polar surface area (TPSA) is 138 Å². The van der Waals surface area contributed by atoms with Crippen LogP contribution in [-0.2, 0) is 9.53 Å². The van der Waals surface area contributed by atoms with E-state index in [9.17, 15) is 28.7 Å². The molecular weight excluding hydrogens is 559 g/mol. The summed E-state index contributed by atoms with van der Waals surface area (Å²) in [6.07, 6.45) is -0.188. The molecule has 0 saturated carbocycles. The molecule has 3 N–H and O–H groups in total. The van der Waals surface area contributed by atoms with Gasteiger partial charge in [0.2, 0.25) is 0 Å². The number of nitrogens with zero attached hydrogens (tertiary/aromatic N) is 2. The van der Waals surface area contributed by atoms with Gasteiger partial charge in [-0.1, -0.05) is 18.2 Å². The van der Waals surface area contributed by atoms with Gasteiger partial charge in [-0.15, -0.1) is 0 Å². The van der Waals surface area contributed by atoms with Gasteiger partial charge in [0.05, 0.1) is 38.1 Å². The van der Waals surface area contributed by atoms with Crippen molar-refractivity contribution in [3.8, 4) is 5.75 Å². The van der Waals surface area contributed by atoms with Crippen LogP contribution in [-0.4, -0.2) is 74.3 Å². The van der Waals surface area contributed by atoms with Crippen LogP contribution in [0.1, 0.15) is 45.2 Å². The number of amides is 3. The lowest BCUT2D eigenvalue weighted by Gasteiger charge is -2.26. The molecular formula is C31H33FN4O7. The van der Waals surface area contributed by atoms with Crippen molar-refractivity contribution < 1.29 is 38.1 Å². The van der Waals surface area contributed by atoms with E-state index in [4.69, 9.17) is 9.47 Å². The smallest absolute Gasteiger partial charge is 0.409 e. The Morgan fingerprint density at radius 3 is 2.35 bits per heavy atom. The molecule has 3 amide bonds. The van der Waals surface area contributed by atoms with E-state index in [-0.39, 0.29) is 5.56 Å². The Morgan fingerprint density at radius 1 is 0.907 bits per heavy atom. The Morgan fingerprint density at radius 2 is 1.65 bits per heavy atom. The Bertz CT molecular complexity index is 1480. The number of rotatable bonds is 9. The van der Waals surface area contributed by atoms with E-state index in [2.05, 4.69) is 10.6 Å². The van der Waals surface area contributed by atoms with Crippen molar-refractivity contribution in [3.05, 3.63) is 89.2 Å². The number of carboxylic acid groups (broad SMARTS) is 1. The maximum atomic E-state index is 13.5. The van der Waals surface area contributed by atoms with Crippen LogP contribution in [0.25, 0.3) is 0 Å². The van der Waals surface area contributed by atoms with E-state index in [0.717, 1.165) is 0 Å². The van der Waals surface area contributed by atoms with Crippen molar-refractivity contribution >= 4 is 35.3 Å². The van der Waals surface area contributed by atoms with E-state index in [1.807, 2.05) is 4.90 Å². The maximum Gasteiger partial charge on any atom is 0.409 e. The summed E-state index contributed by atoms with van der Waals surface area (Å²) in [5, 5.41) is 15.0. The molecule has 1 atom stereocenters. The lowest BCUT2D eigenvalue weighted by Crippen LogP contribution is -2.35. The molecule has 1 fully saturated rings. The van der Waals surface area contributed by atoms with Crippen LogP contribution in [0.15, 0.2) is 66.7 Å². The number of carboxylic acids is 1. The summed E-state index contributed by atoms with van der Waals surface area (Å²) < 4.78 is 23.6. The zero-order chi connectivity index (χ0) is 30.9. The molecule has 226 valence electrons. The minimum absolute atomic E-state index is 0.174. The highest BCUT2D eigenvalue weighted by atomic mass is 19.1. The third-order valence-corrected chi connectivity index (χ3v) is 7.06. The van der Waals surface area contributed by atoms with Crippen LogP contribution in [0.2, 0.25) is 0 Å². The lowest BCUT2D eigenvalue weighted by atomic mass is 10.0. The number of carbonyl (C=O) groups excluding carboxylic acids is 3. The number of hydrogen-bond donors (Lipinski definition) is 3. The molecule has 12 heteroatoms. The first-order valence-corrected chi connectivity index (χ1v) is 13.6. The number of anilines is 2. The fourth-order valence-electron chi connectivity index (χ4n) is 4.85. The minimum Gasteiger partial charge on any atom is -0.497 e. The molecule has 0 aromatic heterocycles.